The molecule has 0 aromatic carbocycles. The first-order valence-electron chi connectivity index (χ1n) is 7.16. The second kappa shape index (κ2) is 6.12. The maximum Gasteiger partial charge on any atom is 0.309 e. The maximum atomic E-state index is 12.3. The molecule has 1 atom stereocenters. The minimum atomic E-state index is -0.797. The summed E-state index contributed by atoms with van der Waals surface area (Å²) in [7, 11) is 1.60. The fourth-order valence-electron chi connectivity index (χ4n) is 2.52. The third-order valence-electron chi connectivity index (χ3n) is 4.48. The van der Waals surface area contributed by atoms with E-state index in [-0.39, 0.29) is 11.8 Å². The summed E-state index contributed by atoms with van der Waals surface area (Å²) in [6.45, 7) is 8.49. The van der Waals surface area contributed by atoms with Gasteiger partial charge in [-0.05, 0) is 46.5 Å². The Bertz CT molecular complexity index is 376. The van der Waals surface area contributed by atoms with Crippen molar-refractivity contribution in [2.75, 3.05) is 20.2 Å². The Morgan fingerprint density at radius 3 is 2.40 bits per heavy atom. The summed E-state index contributed by atoms with van der Waals surface area (Å²) < 4.78 is 5.29. The summed E-state index contributed by atoms with van der Waals surface area (Å²) in [5.41, 5.74) is -1.28. The van der Waals surface area contributed by atoms with E-state index in [0.717, 1.165) is 12.8 Å². The van der Waals surface area contributed by atoms with Crippen LogP contribution >= 0.6 is 0 Å². The molecule has 1 aliphatic heterocycles. The number of hydrogen-bond acceptors (Lipinski definition) is 3. The zero-order valence-corrected chi connectivity index (χ0v) is 13.2. The Balaban J connectivity index is 2.70. The minimum absolute atomic E-state index is 0.00311. The Hall–Kier alpha value is -1.10. The molecule has 0 bridgehead atoms. The van der Waals surface area contributed by atoms with Crippen LogP contribution in [0.2, 0.25) is 0 Å². The van der Waals surface area contributed by atoms with Gasteiger partial charge in [-0.3, -0.25) is 9.59 Å². The molecule has 0 aliphatic carbocycles. The molecule has 0 saturated carbocycles. The van der Waals surface area contributed by atoms with E-state index in [2.05, 4.69) is 0 Å². The number of amides is 1. The van der Waals surface area contributed by atoms with E-state index in [0.29, 0.717) is 19.5 Å². The lowest BCUT2D eigenvalue weighted by molar-refractivity contribution is -0.154. The Morgan fingerprint density at radius 2 is 1.90 bits per heavy atom. The molecule has 0 radical (unpaired) electrons. The summed E-state index contributed by atoms with van der Waals surface area (Å²) in [5, 5.41) is 9.32. The first-order valence-corrected chi connectivity index (χ1v) is 7.16. The minimum Gasteiger partial charge on any atom is -0.481 e. The highest BCUT2D eigenvalue weighted by Crippen LogP contribution is 2.34. The van der Waals surface area contributed by atoms with E-state index in [4.69, 9.17) is 4.74 Å². The molecular weight excluding hydrogens is 258 g/mol. The molecule has 1 heterocycles. The molecule has 1 saturated heterocycles. The van der Waals surface area contributed by atoms with Crippen molar-refractivity contribution in [2.45, 2.75) is 52.6 Å². The Labute approximate surface area is 121 Å². The highest BCUT2D eigenvalue weighted by Gasteiger charge is 2.40. The number of likely N-dealkylation sites (tertiary alicyclic amines) is 1. The first kappa shape index (κ1) is 17.0. The summed E-state index contributed by atoms with van der Waals surface area (Å²) in [6.07, 6.45) is 2.04. The summed E-state index contributed by atoms with van der Waals surface area (Å²) >= 11 is 0. The van der Waals surface area contributed by atoms with E-state index in [9.17, 15) is 14.7 Å². The van der Waals surface area contributed by atoms with E-state index in [1.165, 1.54) is 0 Å². The molecule has 1 unspecified atom stereocenters. The SMILES string of the molecule is COC(C)(C)CC(=O)N1CCCC(C(C)(C)C(=O)O)C1. The van der Waals surface area contributed by atoms with Crippen molar-refractivity contribution in [2.24, 2.45) is 11.3 Å². The van der Waals surface area contributed by atoms with E-state index in [1.54, 1.807) is 25.9 Å². The third kappa shape index (κ3) is 3.95. The van der Waals surface area contributed by atoms with Crippen molar-refractivity contribution in [3.63, 3.8) is 0 Å². The number of rotatable bonds is 5. The number of hydrogen-bond donors (Lipinski definition) is 1. The quantitative estimate of drug-likeness (QED) is 0.840. The molecule has 1 amide bonds. The number of carbonyl (C=O) groups excluding carboxylic acids is 1. The predicted octanol–water partition coefficient (Wildman–Crippen LogP) is 2.15. The highest BCUT2D eigenvalue weighted by atomic mass is 16.5. The second-order valence-corrected chi connectivity index (χ2v) is 6.85. The molecule has 1 N–H and O–H groups in total. The lowest BCUT2D eigenvalue weighted by Gasteiger charge is -2.40. The monoisotopic (exact) mass is 285 g/mol. The lowest BCUT2D eigenvalue weighted by atomic mass is 9.74. The number of carbonyl (C=O) groups is 2. The summed E-state index contributed by atoms with van der Waals surface area (Å²) in [5.74, 6) is -0.750. The van der Waals surface area contributed by atoms with Gasteiger partial charge in [0.05, 0.1) is 17.4 Å². The predicted molar refractivity (Wildman–Crippen MR) is 76.4 cm³/mol. The fraction of sp³-hybridized carbons (Fsp3) is 0.867. The summed E-state index contributed by atoms with van der Waals surface area (Å²) in [4.78, 5) is 25.5. The molecule has 0 aromatic heterocycles. The van der Waals surface area contributed by atoms with E-state index >= 15 is 0 Å². The number of carboxylic acid groups (broad SMARTS) is 1. The van der Waals surface area contributed by atoms with Crippen LogP contribution in [0.25, 0.3) is 0 Å². The molecule has 5 heteroatoms. The van der Waals surface area contributed by atoms with Gasteiger partial charge in [-0.2, -0.15) is 0 Å². The van der Waals surface area contributed by atoms with Crippen LogP contribution in [0.4, 0.5) is 0 Å². The van der Waals surface area contributed by atoms with Gasteiger partial charge in [-0.1, -0.05) is 0 Å². The van der Waals surface area contributed by atoms with Crippen molar-refractivity contribution in [1.82, 2.24) is 4.90 Å². The van der Waals surface area contributed by atoms with Gasteiger partial charge in [0.25, 0.3) is 0 Å². The summed E-state index contributed by atoms with van der Waals surface area (Å²) in [6, 6.07) is 0. The van der Waals surface area contributed by atoms with Gasteiger partial charge in [0, 0.05) is 20.2 Å². The van der Waals surface area contributed by atoms with E-state index < -0.39 is 17.0 Å². The lowest BCUT2D eigenvalue weighted by Crippen LogP contribution is -2.48. The molecule has 1 aliphatic rings. The highest BCUT2D eigenvalue weighted by molar-refractivity contribution is 5.78. The van der Waals surface area contributed by atoms with Crippen LogP contribution in [-0.4, -0.2) is 47.7 Å². The second-order valence-electron chi connectivity index (χ2n) is 6.85. The zero-order chi connectivity index (χ0) is 15.6. The number of nitrogens with zero attached hydrogens (tertiary/aromatic N) is 1. The number of carboxylic acids is 1. The molecule has 0 spiro atoms. The average Bonchev–Trinajstić information content (AvgIpc) is 2.38. The van der Waals surface area contributed by atoms with Crippen LogP contribution in [0.15, 0.2) is 0 Å². The van der Waals surface area contributed by atoms with Gasteiger partial charge in [0.15, 0.2) is 0 Å². The van der Waals surface area contributed by atoms with Gasteiger partial charge in [-0.25, -0.2) is 0 Å². The Morgan fingerprint density at radius 1 is 1.30 bits per heavy atom. The van der Waals surface area contributed by atoms with Crippen molar-refractivity contribution in [3.05, 3.63) is 0 Å². The smallest absolute Gasteiger partial charge is 0.309 e. The zero-order valence-electron chi connectivity index (χ0n) is 13.2. The first-order chi connectivity index (χ1) is 9.10. The van der Waals surface area contributed by atoms with Crippen LogP contribution in [0, 0.1) is 11.3 Å². The normalized spacial score (nSPS) is 20.9. The third-order valence-corrected chi connectivity index (χ3v) is 4.48. The molecule has 20 heavy (non-hydrogen) atoms. The van der Waals surface area contributed by atoms with Crippen LogP contribution in [0.1, 0.15) is 47.0 Å². The van der Waals surface area contributed by atoms with Gasteiger partial charge in [-0.15, -0.1) is 0 Å². The van der Waals surface area contributed by atoms with E-state index in [1.807, 2.05) is 13.8 Å². The average molecular weight is 285 g/mol. The number of methoxy groups -OCH3 is 1. The van der Waals surface area contributed by atoms with Crippen LogP contribution in [0.5, 0.6) is 0 Å². The largest absolute Gasteiger partial charge is 0.481 e. The molecular formula is C15H27NO4. The maximum absolute atomic E-state index is 12.3. The van der Waals surface area contributed by atoms with Gasteiger partial charge >= 0.3 is 5.97 Å². The fourth-order valence-corrected chi connectivity index (χ4v) is 2.52. The Kier molecular flexibility index (Phi) is 5.19. The van der Waals surface area contributed by atoms with Crippen molar-refractivity contribution in [3.8, 4) is 0 Å². The van der Waals surface area contributed by atoms with Crippen molar-refractivity contribution in [1.29, 1.82) is 0 Å². The molecule has 1 fully saturated rings. The van der Waals surface area contributed by atoms with Crippen molar-refractivity contribution < 1.29 is 19.4 Å². The van der Waals surface area contributed by atoms with Crippen LogP contribution in [0.3, 0.4) is 0 Å². The van der Waals surface area contributed by atoms with Crippen molar-refractivity contribution >= 4 is 11.9 Å². The molecule has 5 nitrogen and oxygen atoms in total. The molecule has 0 aromatic rings. The van der Waals surface area contributed by atoms with Gasteiger partial charge in [0.1, 0.15) is 0 Å². The number of ether oxygens (including phenoxy) is 1. The molecule has 1 rings (SSSR count). The number of piperidine rings is 1. The van der Waals surface area contributed by atoms with Gasteiger partial charge in [0.2, 0.25) is 5.91 Å². The number of aliphatic carboxylic acids is 1. The topological polar surface area (TPSA) is 66.8 Å². The van der Waals surface area contributed by atoms with Gasteiger partial charge < -0.3 is 14.7 Å². The van der Waals surface area contributed by atoms with Crippen LogP contribution in [-0.2, 0) is 14.3 Å². The molecule has 116 valence electrons. The van der Waals surface area contributed by atoms with Crippen LogP contribution < -0.4 is 0 Å². The standard InChI is InChI=1S/C15H27NO4/c1-14(2,20-5)9-12(17)16-8-6-7-11(10-16)15(3,4)13(18)19/h11H,6-10H2,1-5H3,(H,18,19).